The Morgan fingerprint density at radius 3 is 2.36 bits per heavy atom. The Balaban J connectivity index is 1.15. The standard InChI is InChI=1S/C31H36N2O11/c1-28-7-6-24-30-8-5-21(43-26(35)17-11-19(32(37)38)14-20(12-17)33(39)40)15-29(30,36)9-10-31(24,44-27(30)41-2)23(28)4-3-22(28)18-13-25(34)42-16-18/h11-14,21-24,27,36H,3-10,15-16H2,1-2H3/t21-,22+,23+,24+,27+,28+,29-,30+,31+/m0/s1. The van der Waals surface area contributed by atoms with Gasteiger partial charge in [0.2, 0.25) is 0 Å². The molecule has 0 radical (unpaired) electrons. The van der Waals surface area contributed by atoms with Crippen molar-refractivity contribution in [3.05, 3.63) is 55.6 Å². The highest BCUT2D eigenvalue weighted by atomic mass is 16.7. The van der Waals surface area contributed by atoms with Gasteiger partial charge in [-0.1, -0.05) is 6.92 Å². The first kappa shape index (κ1) is 29.3. The van der Waals surface area contributed by atoms with Gasteiger partial charge in [-0.25, -0.2) is 9.59 Å². The van der Waals surface area contributed by atoms with Crippen molar-refractivity contribution in [3.8, 4) is 0 Å². The third-order valence-corrected chi connectivity index (χ3v) is 12.3. The molecule has 1 aromatic rings. The van der Waals surface area contributed by atoms with Crippen molar-refractivity contribution >= 4 is 23.3 Å². The molecule has 4 saturated carbocycles. The van der Waals surface area contributed by atoms with Crippen molar-refractivity contribution in [3.63, 3.8) is 0 Å². The first-order valence-corrected chi connectivity index (χ1v) is 15.3. The Bertz CT molecular complexity index is 1460. The van der Waals surface area contributed by atoms with Crippen LogP contribution in [0, 0.1) is 48.8 Å². The third-order valence-electron chi connectivity index (χ3n) is 12.3. The number of carbonyl (C=O) groups excluding carboxylic acids is 2. The van der Waals surface area contributed by atoms with E-state index in [1.165, 1.54) is 0 Å². The van der Waals surface area contributed by atoms with Gasteiger partial charge in [-0.15, -0.1) is 0 Å². The molecule has 1 saturated heterocycles. The van der Waals surface area contributed by atoms with Crippen LogP contribution < -0.4 is 0 Å². The number of rotatable bonds is 6. The summed E-state index contributed by atoms with van der Waals surface area (Å²) in [5, 5.41) is 35.1. The van der Waals surface area contributed by atoms with E-state index in [4.69, 9.17) is 18.9 Å². The molecule has 44 heavy (non-hydrogen) atoms. The topological polar surface area (TPSA) is 178 Å². The lowest BCUT2D eigenvalue weighted by Crippen LogP contribution is -2.67. The molecule has 13 heteroatoms. The number of hydrogen-bond acceptors (Lipinski definition) is 11. The van der Waals surface area contributed by atoms with E-state index in [9.17, 15) is 34.9 Å². The number of cyclic esters (lactones) is 1. The van der Waals surface area contributed by atoms with E-state index in [0.29, 0.717) is 32.3 Å². The summed E-state index contributed by atoms with van der Waals surface area (Å²) in [7, 11) is 1.60. The Kier molecular flexibility index (Phi) is 6.52. The van der Waals surface area contributed by atoms with Crippen molar-refractivity contribution in [2.45, 2.75) is 88.3 Å². The molecule has 6 aliphatic rings. The molecular formula is C31H36N2O11. The molecule has 2 aliphatic heterocycles. The number of carbonyl (C=O) groups is 2. The molecule has 4 aliphatic carbocycles. The van der Waals surface area contributed by atoms with Crippen LogP contribution in [0.4, 0.5) is 11.4 Å². The number of benzene rings is 1. The fourth-order valence-corrected chi connectivity index (χ4v) is 10.6. The number of ether oxygens (including phenoxy) is 4. The van der Waals surface area contributed by atoms with Crippen LogP contribution in [0.3, 0.4) is 0 Å². The van der Waals surface area contributed by atoms with Crippen molar-refractivity contribution in [2.24, 2.45) is 28.6 Å². The van der Waals surface area contributed by atoms with Crippen molar-refractivity contribution in [1.82, 2.24) is 0 Å². The number of hydrogen-bond donors (Lipinski definition) is 1. The normalized spacial score (nSPS) is 42.0. The molecule has 1 spiro atoms. The predicted molar refractivity (Wildman–Crippen MR) is 150 cm³/mol. The van der Waals surface area contributed by atoms with E-state index < -0.39 is 56.2 Å². The lowest BCUT2D eigenvalue weighted by Gasteiger charge is -2.63. The fraction of sp³-hybridized carbons (Fsp3) is 0.677. The number of fused-ring (bicyclic) bond motifs is 1. The van der Waals surface area contributed by atoms with Crippen LogP contribution in [0.5, 0.6) is 0 Å². The molecular weight excluding hydrogens is 576 g/mol. The highest BCUT2D eigenvalue weighted by Gasteiger charge is 2.79. The summed E-state index contributed by atoms with van der Waals surface area (Å²) in [6, 6.07) is 2.72. The van der Waals surface area contributed by atoms with Crippen LogP contribution in [0.15, 0.2) is 29.8 Å². The maximum atomic E-state index is 13.1. The summed E-state index contributed by atoms with van der Waals surface area (Å²) >= 11 is 0. The second-order valence-corrected chi connectivity index (χ2v) is 13.8. The maximum Gasteiger partial charge on any atom is 0.338 e. The second-order valence-electron chi connectivity index (χ2n) is 13.8. The molecule has 0 aromatic heterocycles. The summed E-state index contributed by atoms with van der Waals surface area (Å²) in [5.41, 5.74) is -2.91. The third kappa shape index (κ3) is 3.87. The first-order chi connectivity index (χ1) is 20.9. The summed E-state index contributed by atoms with van der Waals surface area (Å²) in [5.74, 6) is -0.708. The quantitative estimate of drug-likeness (QED) is 0.274. The number of esters is 2. The lowest BCUT2D eigenvalue weighted by atomic mass is 9.42. The predicted octanol–water partition coefficient (Wildman–Crippen LogP) is 4.39. The largest absolute Gasteiger partial charge is 0.459 e. The van der Waals surface area contributed by atoms with Gasteiger partial charge >= 0.3 is 11.9 Å². The zero-order valence-corrected chi connectivity index (χ0v) is 24.7. The zero-order chi connectivity index (χ0) is 31.2. The van der Waals surface area contributed by atoms with Crippen LogP contribution in [-0.2, 0) is 23.7 Å². The van der Waals surface area contributed by atoms with Crippen molar-refractivity contribution < 1.29 is 43.5 Å². The van der Waals surface area contributed by atoms with Gasteiger partial charge in [-0.2, -0.15) is 0 Å². The van der Waals surface area contributed by atoms with Gasteiger partial charge in [-0.3, -0.25) is 20.2 Å². The smallest absolute Gasteiger partial charge is 0.338 e. The molecule has 1 aromatic carbocycles. The van der Waals surface area contributed by atoms with Gasteiger partial charge in [-0.05, 0) is 74.2 Å². The SMILES string of the molecule is CO[C@@H]1O[C@@]23CC[C@]4(O)C[C@@H](OC(=O)c5cc([N+](=O)[O-])cc([N+](=O)[O-])c5)CC[C@@]14[C@H]2CC[C@]1(C)[C@@H](C2=CC(=O)OC2)CC[C@H]13. The van der Waals surface area contributed by atoms with Gasteiger partial charge in [0.25, 0.3) is 11.4 Å². The molecule has 236 valence electrons. The summed E-state index contributed by atoms with van der Waals surface area (Å²) < 4.78 is 24.0. The monoisotopic (exact) mass is 612 g/mol. The first-order valence-electron chi connectivity index (χ1n) is 15.3. The van der Waals surface area contributed by atoms with Crippen LogP contribution in [0.25, 0.3) is 0 Å². The van der Waals surface area contributed by atoms with Gasteiger partial charge in [0.1, 0.15) is 12.7 Å². The van der Waals surface area contributed by atoms with Crippen LogP contribution in [0.1, 0.15) is 75.1 Å². The van der Waals surface area contributed by atoms with Gasteiger partial charge in [0.05, 0.1) is 38.1 Å². The summed E-state index contributed by atoms with van der Waals surface area (Å²) in [6.07, 6.45) is 6.06. The highest BCUT2D eigenvalue weighted by molar-refractivity contribution is 5.91. The number of nitrogens with zero attached hydrogens (tertiary/aromatic N) is 2. The molecule has 5 fully saturated rings. The average Bonchev–Trinajstić information content (AvgIpc) is 3.63. The number of aliphatic hydroxyl groups is 1. The molecule has 7 rings (SSSR count). The zero-order valence-electron chi connectivity index (χ0n) is 24.7. The van der Waals surface area contributed by atoms with E-state index in [0.717, 1.165) is 49.5 Å². The van der Waals surface area contributed by atoms with Crippen molar-refractivity contribution in [1.29, 1.82) is 0 Å². The minimum absolute atomic E-state index is 0.0297. The lowest BCUT2D eigenvalue weighted by molar-refractivity contribution is -0.394. The summed E-state index contributed by atoms with van der Waals surface area (Å²) in [6.45, 7) is 2.66. The number of methoxy groups -OCH3 is 1. The van der Waals surface area contributed by atoms with E-state index in [-0.39, 0.29) is 41.1 Å². The molecule has 13 nitrogen and oxygen atoms in total. The van der Waals surface area contributed by atoms with E-state index in [1.54, 1.807) is 13.2 Å². The van der Waals surface area contributed by atoms with Crippen LogP contribution >= 0.6 is 0 Å². The van der Waals surface area contributed by atoms with Crippen LogP contribution in [0.2, 0.25) is 0 Å². The Labute approximate surface area is 253 Å². The second kappa shape index (κ2) is 9.79. The average molecular weight is 613 g/mol. The Morgan fingerprint density at radius 1 is 1.00 bits per heavy atom. The molecule has 9 atom stereocenters. The fourth-order valence-electron chi connectivity index (χ4n) is 10.6. The highest BCUT2D eigenvalue weighted by Crippen LogP contribution is 2.76. The molecule has 0 amide bonds. The van der Waals surface area contributed by atoms with Gasteiger partial charge < -0.3 is 24.1 Å². The Hall–Kier alpha value is -3.42. The number of nitro groups is 2. The van der Waals surface area contributed by atoms with Crippen molar-refractivity contribution in [2.75, 3.05) is 13.7 Å². The molecule has 1 N–H and O–H groups in total. The molecule has 2 bridgehead atoms. The minimum atomic E-state index is -1.25. The molecule has 0 unspecified atom stereocenters. The minimum Gasteiger partial charge on any atom is -0.459 e. The maximum absolute atomic E-state index is 13.1. The molecule has 2 heterocycles. The van der Waals surface area contributed by atoms with Crippen LogP contribution in [-0.4, -0.2) is 64.2 Å². The summed E-state index contributed by atoms with van der Waals surface area (Å²) in [4.78, 5) is 46.1. The number of nitro benzene ring substituents is 2. The van der Waals surface area contributed by atoms with E-state index in [1.807, 2.05) is 0 Å². The Morgan fingerprint density at radius 2 is 1.73 bits per heavy atom. The van der Waals surface area contributed by atoms with E-state index in [2.05, 4.69) is 6.92 Å². The van der Waals surface area contributed by atoms with Gasteiger partial charge in [0, 0.05) is 37.7 Å². The number of non-ortho nitro benzene ring substituents is 2. The van der Waals surface area contributed by atoms with E-state index >= 15 is 0 Å². The van der Waals surface area contributed by atoms with Gasteiger partial charge in [0.15, 0.2) is 6.29 Å².